The number of pyridine rings is 1. The number of anilines is 1. The zero-order chi connectivity index (χ0) is 16.1. The summed E-state index contributed by atoms with van der Waals surface area (Å²) in [6.07, 6.45) is 1.35. The fraction of sp³-hybridized carbons (Fsp3) is 0.0714. The molecule has 0 aliphatic carbocycles. The number of carbonyl (C=O) groups excluding carboxylic acids is 2. The maximum absolute atomic E-state index is 13.4. The number of rotatable bonds is 4. The van der Waals surface area contributed by atoms with Crippen molar-refractivity contribution in [3.8, 4) is 0 Å². The molecule has 2 amide bonds. The van der Waals surface area contributed by atoms with Crippen LogP contribution in [0.15, 0.2) is 36.5 Å². The van der Waals surface area contributed by atoms with Gasteiger partial charge >= 0.3 is 0 Å². The molecule has 8 heteroatoms. The molecule has 0 bridgehead atoms. The minimum absolute atomic E-state index is 0.0493. The molecule has 5 nitrogen and oxygen atoms in total. The summed E-state index contributed by atoms with van der Waals surface area (Å²) in [6, 6.07) is 5.58. The Labute approximate surface area is 129 Å². The SMILES string of the molecule is O=C(CNC(=O)c1cc(Cl)ccn1)Nc1ccc(F)cc1F. The summed E-state index contributed by atoms with van der Waals surface area (Å²) in [6.45, 7) is -0.399. The van der Waals surface area contributed by atoms with Gasteiger partial charge in [0.2, 0.25) is 5.91 Å². The van der Waals surface area contributed by atoms with Gasteiger partial charge in [0, 0.05) is 17.3 Å². The Kier molecular flexibility index (Phi) is 5.00. The quantitative estimate of drug-likeness (QED) is 0.906. The van der Waals surface area contributed by atoms with E-state index in [1.165, 1.54) is 18.3 Å². The summed E-state index contributed by atoms with van der Waals surface area (Å²) in [4.78, 5) is 27.1. The van der Waals surface area contributed by atoms with Crippen molar-refractivity contribution < 1.29 is 18.4 Å². The van der Waals surface area contributed by atoms with Crippen LogP contribution in [0.2, 0.25) is 5.02 Å². The van der Waals surface area contributed by atoms with Crippen LogP contribution in [0.1, 0.15) is 10.5 Å². The number of nitrogens with one attached hydrogen (secondary N) is 2. The van der Waals surface area contributed by atoms with E-state index < -0.39 is 30.0 Å². The Bertz CT molecular complexity index is 725. The lowest BCUT2D eigenvalue weighted by molar-refractivity contribution is -0.115. The molecular weight excluding hydrogens is 316 g/mol. The van der Waals surface area contributed by atoms with E-state index in [1.807, 2.05) is 0 Å². The van der Waals surface area contributed by atoms with E-state index >= 15 is 0 Å². The van der Waals surface area contributed by atoms with E-state index in [-0.39, 0.29) is 11.4 Å². The van der Waals surface area contributed by atoms with E-state index in [9.17, 15) is 18.4 Å². The molecule has 1 aromatic heterocycles. The average molecular weight is 326 g/mol. The highest BCUT2D eigenvalue weighted by molar-refractivity contribution is 6.30. The maximum atomic E-state index is 13.4. The molecule has 1 aromatic carbocycles. The first-order chi connectivity index (χ1) is 10.5. The molecule has 0 atom stereocenters. The number of hydrogen-bond donors (Lipinski definition) is 2. The second-order valence-corrected chi connectivity index (χ2v) is 4.65. The summed E-state index contributed by atoms with van der Waals surface area (Å²) in [7, 11) is 0. The molecule has 0 radical (unpaired) electrons. The highest BCUT2D eigenvalue weighted by Gasteiger charge is 2.11. The van der Waals surface area contributed by atoms with Gasteiger partial charge in [-0.1, -0.05) is 11.6 Å². The van der Waals surface area contributed by atoms with Crippen LogP contribution in [-0.4, -0.2) is 23.3 Å². The second kappa shape index (κ2) is 6.95. The fourth-order valence-corrected chi connectivity index (χ4v) is 1.72. The molecule has 22 heavy (non-hydrogen) atoms. The van der Waals surface area contributed by atoms with Gasteiger partial charge in [0.1, 0.15) is 17.3 Å². The van der Waals surface area contributed by atoms with Gasteiger partial charge in [-0.05, 0) is 24.3 Å². The van der Waals surface area contributed by atoms with Crippen LogP contribution in [0.4, 0.5) is 14.5 Å². The van der Waals surface area contributed by atoms with Gasteiger partial charge in [-0.3, -0.25) is 14.6 Å². The third-order valence-corrected chi connectivity index (χ3v) is 2.80. The van der Waals surface area contributed by atoms with Crippen LogP contribution in [-0.2, 0) is 4.79 Å². The van der Waals surface area contributed by atoms with Gasteiger partial charge in [-0.25, -0.2) is 8.78 Å². The summed E-state index contributed by atoms with van der Waals surface area (Å²) in [5.41, 5.74) is -0.130. The molecule has 0 unspecified atom stereocenters. The van der Waals surface area contributed by atoms with Crippen LogP contribution in [0, 0.1) is 11.6 Å². The molecule has 2 rings (SSSR count). The van der Waals surface area contributed by atoms with Gasteiger partial charge in [-0.15, -0.1) is 0 Å². The molecule has 2 aromatic rings. The van der Waals surface area contributed by atoms with Crippen molar-refractivity contribution in [2.45, 2.75) is 0 Å². The largest absolute Gasteiger partial charge is 0.342 e. The summed E-state index contributed by atoms with van der Waals surface area (Å²) < 4.78 is 26.1. The molecule has 0 aliphatic heterocycles. The highest BCUT2D eigenvalue weighted by Crippen LogP contribution is 2.14. The number of carbonyl (C=O) groups is 2. The highest BCUT2D eigenvalue weighted by atomic mass is 35.5. The van der Waals surface area contributed by atoms with E-state index in [1.54, 1.807) is 0 Å². The molecule has 0 fully saturated rings. The topological polar surface area (TPSA) is 71.1 Å². The van der Waals surface area contributed by atoms with Gasteiger partial charge in [0.25, 0.3) is 5.91 Å². The Morgan fingerprint density at radius 1 is 1.18 bits per heavy atom. The van der Waals surface area contributed by atoms with Gasteiger partial charge in [0.05, 0.1) is 12.2 Å². The first kappa shape index (κ1) is 15.8. The van der Waals surface area contributed by atoms with Crippen LogP contribution in [0.25, 0.3) is 0 Å². The molecule has 114 valence electrons. The average Bonchev–Trinajstić information content (AvgIpc) is 2.47. The van der Waals surface area contributed by atoms with Crippen molar-refractivity contribution in [3.05, 3.63) is 58.9 Å². The number of halogens is 3. The fourth-order valence-electron chi connectivity index (χ4n) is 1.57. The number of hydrogen-bond acceptors (Lipinski definition) is 3. The van der Waals surface area contributed by atoms with Crippen molar-refractivity contribution in [2.24, 2.45) is 0 Å². The third-order valence-electron chi connectivity index (χ3n) is 2.57. The second-order valence-electron chi connectivity index (χ2n) is 4.21. The molecule has 0 spiro atoms. The van der Waals surface area contributed by atoms with E-state index in [0.717, 1.165) is 12.1 Å². The van der Waals surface area contributed by atoms with Gasteiger partial charge in [0.15, 0.2) is 0 Å². The summed E-state index contributed by atoms with van der Waals surface area (Å²) >= 11 is 5.72. The van der Waals surface area contributed by atoms with Crippen molar-refractivity contribution >= 4 is 29.1 Å². The molecule has 0 aliphatic rings. The predicted octanol–water partition coefficient (Wildman–Crippen LogP) is 2.38. The van der Waals surface area contributed by atoms with Crippen LogP contribution < -0.4 is 10.6 Å². The minimum Gasteiger partial charge on any atom is -0.342 e. The maximum Gasteiger partial charge on any atom is 0.270 e. The summed E-state index contributed by atoms with van der Waals surface area (Å²) in [5.74, 6) is -2.93. The molecular formula is C14H10ClF2N3O2. The first-order valence-corrected chi connectivity index (χ1v) is 6.48. The molecule has 0 saturated carbocycles. The number of benzene rings is 1. The van der Waals surface area contributed by atoms with Crippen molar-refractivity contribution in [1.82, 2.24) is 10.3 Å². The third kappa shape index (κ3) is 4.23. The van der Waals surface area contributed by atoms with Crippen molar-refractivity contribution in [2.75, 3.05) is 11.9 Å². The van der Waals surface area contributed by atoms with E-state index in [4.69, 9.17) is 11.6 Å². The van der Waals surface area contributed by atoms with Crippen LogP contribution in [0.3, 0.4) is 0 Å². The minimum atomic E-state index is -0.906. The Balaban J connectivity index is 1.91. The van der Waals surface area contributed by atoms with Crippen molar-refractivity contribution in [1.29, 1.82) is 0 Å². The smallest absolute Gasteiger partial charge is 0.270 e. The van der Waals surface area contributed by atoms with Gasteiger partial charge in [-0.2, -0.15) is 0 Å². The molecule has 2 N–H and O–H groups in total. The van der Waals surface area contributed by atoms with Gasteiger partial charge < -0.3 is 10.6 Å². The Hall–Kier alpha value is -2.54. The zero-order valence-electron chi connectivity index (χ0n) is 11.1. The first-order valence-electron chi connectivity index (χ1n) is 6.10. The lowest BCUT2D eigenvalue weighted by Crippen LogP contribution is -2.33. The molecule has 1 heterocycles. The summed E-state index contributed by atoms with van der Waals surface area (Å²) in [5, 5.41) is 4.85. The van der Waals surface area contributed by atoms with Crippen LogP contribution in [0.5, 0.6) is 0 Å². The normalized spacial score (nSPS) is 10.1. The Morgan fingerprint density at radius 2 is 1.95 bits per heavy atom. The number of nitrogens with zero attached hydrogens (tertiary/aromatic N) is 1. The molecule has 0 saturated heterocycles. The predicted molar refractivity (Wildman–Crippen MR) is 76.6 cm³/mol. The van der Waals surface area contributed by atoms with Crippen LogP contribution >= 0.6 is 11.6 Å². The van der Waals surface area contributed by atoms with E-state index in [2.05, 4.69) is 15.6 Å². The van der Waals surface area contributed by atoms with Crippen molar-refractivity contribution in [3.63, 3.8) is 0 Å². The Morgan fingerprint density at radius 3 is 2.64 bits per heavy atom. The lowest BCUT2D eigenvalue weighted by Gasteiger charge is -2.07. The lowest BCUT2D eigenvalue weighted by atomic mass is 10.3. The number of amides is 2. The number of aromatic nitrogens is 1. The standard InChI is InChI=1S/C14H10ClF2N3O2/c15-8-3-4-18-12(5-8)14(22)19-7-13(21)20-11-2-1-9(16)6-10(11)17/h1-6H,7H2,(H,19,22)(H,20,21). The monoisotopic (exact) mass is 325 g/mol. The van der Waals surface area contributed by atoms with E-state index in [0.29, 0.717) is 11.1 Å². The zero-order valence-corrected chi connectivity index (χ0v) is 11.8.